The Morgan fingerprint density at radius 2 is 1.90 bits per heavy atom. The van der Waals surface area contributed by atoms with Crippen molar-refractivity contribution < 1.29 is 9.53 Å². The van der Waals surface area contributed by atoms with Gasteiger partial charge in [-0.15, -0.1) is 0 Å². The standard InChI is InChI=1S/C16H15BrN2O2/c17-11-5-7-12(8-6-11)21-16-13(15(18)20)9-10-3-1-2-4-14(10)19-16/h5-9H,1-4H2,(H2,18,20). The van der Waals surface area contributed by atoms with Crippen molar-refractivity contribution in [3.63, 3.8) is 0 Å². The Morgan fingerprint density at radius 3 is 2.62 bits per heavy atom. The molecule has 21 heavy (non-hydrogen) atoms. The number of amides is 1. The molecule has 0 spiro atoms. The van der Waals surface area contributed by atoms with E-state index in [0.29, 0.717) is 17.2 Å². The van der Waals surface area contributed by atoms with E-state index in [-0.39, 0.29) is 0 Å². The number of ether oxygens (including phenoxy) is 1. The van der Waals surface area contributed by atoms with Crippen LogP contribution < -0.4 is 10.5 Å². The van der Waals surface area contributed by atoms with E-state index in [1.807, 2.05) is 30.3 Å². The molecule has 1 heterocycles. The number of aryl methyl sites for hydroxylation is 2. The average Bonchev–Trinajstić information content (AvgIpc) is 2.48. The largest absolute Gasteiger partial charge is 0.438 e. The number of nitrogens with two attached hydrogens (primary N) is 1. The fourth-order valence-electron chi connectivity index (χ4n) is 2.48. The smallest absolute Gasteiger partial charge is 0.254 e. The Labute approximate surface area is 131 Å². The lowest BCUT2D eigenvalue weighted by Gasteiger charge is -2.17. The highest BCUT2D eigenvalue weighted by atomic mass is 79.9. The number of primary amides is 1. The van der Waals surface area contributed by atoms with Gasteiger partial charge in [0, 0.05) is 10.2 Å². The maximum Gasteiger partial charge on any atom is 0.254 e. The summed E-state index contributed by atoms with van der Waals surface area (Å²) in [5.41, 5.74) is 7.93. The van der Waals surface area contributed by atoms with E-state index >= 15 is 0 Å². The molecule has 1 aromatic heterocycles. The van der Waals surface area contributed by atoms with Crippen LogP contribution >= 0.6 is 15.9 Å². The zero-order valence-corrected chi connectivity index (χ0v) is 13.0. The van der Waals surface area contributed by atoms with Crippen molar-refractivity contribution in [2.75, 3.05) is 0 Å². The lowest BCUT2D eigenvalue weighted by Crippen LogP contribution is -2.16. The van der Waals surface area contributed by atoms with Gasteiger partial charge in [0.15, 0.2) is 0 Å². The van der Waals surface area contributed by atoms with Gasteiger partial charge in [0.2, 0.25) is 5.88 Å². The van der Waals surface area contributed by atoms with Crippen molar-refractivity contribution in [2.45, 2.75) is 25.7 Å². The van der Waals surface area contributed by atoms with Gasteiger partial charge in [-0.1, -0.05) is 15.9 Å². The number of carbonyl (C=O) groups is 1. The average molecular weight is 347 g/mol. The number of hydrogen-bond donors (Lipinski definition) is 1. The van der Waals surface area contributed by atoms with Crippen LogP contribution in [0, 0.1) is 0 Å². The number of nitrogens with zero attached hydrogens (tertiary/aromatic N) is 1. The first-order chi connectivity index (χ1) is 10.1. The van der Waals surface area contributed by atoms with Crippen LogP contribution in [0.3, 0.4) is 0 Å². The summed E-state index contributed by atoms with van der Waals surface area (Å²) in [6, 6.07) is 9.21. The quantitative estimate of drug-likeness (QED) is 0.922. The van der Waals surface area contributed by atoms with Crippen molar-refractivity contribution in [3.8, 4) is 11.6 Å². The normalized spacial score (nSPS) is 13.6. The molecule has 1 aromatic carbocycles. The summed E-state index contributed by atoms with van der Waals surface area (Å²) >= 11 is 3.37. The van der Waals surface area contributed by atoms with E-state index in [4.69, 9.17) is 10.5 Å². The molecule has 1 aliphatic rings. The Bertz CT molecular complexity index is 683. The molecule has 0 bridgehead atoms. The van der Waals surface area contributed by atoms with Gasteiger partial charge in [-0.2, -0.15) is 0 Å². The van der Waals surface area contributed by atoms with E-state index in [1.165, 1.54) is 0 Å². The molecule has 2 N–H and O–H groups in total. The number of pyridine rings is 1. The highest BCUT2D eigenvalue weighted by Crippen LogP contribution is 2.29. The maximum atomic E-state index is 11.6. The molecule has 5 heteroatoms. The number of carbonyl (C=O) groups excluding carboxylic acids is 1. The van der Waals surface area contributed by atoms with Crippen LogP contribution in [0.25, 0.3) is 0 Å². The molecule has 4 nitrogen and oxygen atoms in total. The molecule has 0 atom stereocenters. The molecule has 0 radical (unpaired) electrons. The van der Waals surface area contributed by atoms with E-state index in [9.17, 15) is 4.79 Å². The summed E-state index contributed by atoms with van der Waals surface area (Å²) < 4.78 is 6.72. The Kier molecular flexibility index (Phi) is 3.92. The first kappa shape index (κ1) is 14.1. The van der Waals surface area contributed by atoms with Crippen molar-refractivity contribution in [1.29, 1.82) is 0 Å². The zero-order valence-electron chi connectivity index (χ0n) is 11.4. The highest BCUT2D eigenvalue weighted by Gasteiger charge is 2.19. The molecule has 0 unspecified atom stereocenters. The number of halogens is 1. The third-order valence-corrected chi connectivity index (χ3v) is 4.09. The van der Waals surface area contributed by atoms with E-state index in [1.54, 1.807) is 0 Å². The van der Waals surface area contributed by atoms with Gasteiger partial charge in [-0.25, -0.2) is 4.98 Å². The van der Waals surface area contributed by atoms with E-state index in [0.717, 1.165) is 41.4 Å². The minimum atomic E-state index is -0.511. The number of rotatable bonds is 3. The minimum absolute atomic E-state index is 0.297. The molecule has 0 saturated heterocycles. The molecule has 0 fully saturated rings. The fourth-order valence-corrected chi connectivity index (χ4v) is 2.75. The number of benzene rings is 1. The summed E-state index contributed by atoms with van der Waals surface area (Å²) in [5.74, 6) is 0.414. The van der Waals surface area contributed by atoms with Crippen molar-refractivity contribution in [2.24, 2.45) is 5.73 Å². The third-order valence-electron chi connectivity index (χ3n) is 3.56. The van der Waals surface area contributed by atoms with Crippen molar-refractivity contribution >= 4 is 21.8 Å². The fraction of sp³-hybridized carbons (Fsp3) is 0.250. The van der Waals surface area contributed by atoms with Gasteiger partial charge < -0.3 is 10.5 Å². The van der Waals surface area contributed by atoms with Crippen LogP contribution in [0.4, 0.5) is 0 Å². The summed E-state index contributed by atoms with van der Waals surface area (Å²) in [4.78, 5) is 16.2. The minimum Gasteiger partial charge on any atom is -0.438 e. The molecule has 0 saturated carbocycles. The Balaban J connectivity index is 1.99. The molecular formula is C16H15BrN2O2. The van der Waals surface area contributed by atoms with Gasteiger partial charge >= 0.3 is 0 Å². The molecule has 3 rings (SSSR count). The summed E-state index contributed by atoms with van der Waals surface area (Å²) in [6.45, 7) is 0. The monoisotopic (exact) mass is 346 g/mol. The zero-order chi connectivity index (χ0) is 14.8. The van der Waals surface area contributed by atoms with Crippen molar-refractivity contribution in [1.82, 2.24) is 4.98 Å². The topological polar surface area (TPSA) is 65.2 Å². The van der Waals surface area contributed by atoms with Gasteiger partial charge in [0.25, 0.3) is 5.91 Å². The maximum absolute atomic E-state index is 11.6. The predicted molar refractivity (Wildman–Crippen MR) is 83.6 cm³/mol. The van der Waals surface area contributed by atoms with Crippen molar-refractivity contribution in [3.05, 3.63) is 51.6 Å². The highest BCUT2D eigenvalue weighted by molar-refractivity contribution is 9.10. The predicted octanol–water partition coefficient (Wildman–Crippen LogP) is 3.61. The third kappa shape index (κ3) is 3.08. The van der Waals surface area contributed by atoms with Crippen LogP contribution in [0.15, 0.2) is 34.8 Å². The molecule has 1 amide bonds. The Morgan fingerprint density at radius 1 is 1.19 bits per heavy atom. The first-order valence-corrected chi connectivity index (χ1v) is 7.69. The van der Waals surface area contributed by atoms with Crippen LogP contribution in [0.1, 0.15) is 34.5 Å². The number of aromatic nitrogens is 1. The molecule has 108 valence electrons. The van der Waals surface area contributed by atoms with E-state index in [2.05, 4.69) is 20.9 Å². The van der Waals surface area contributed by atoms with E-state index < -0.39 is 5.91 Å². The lowest BCUT2D eigenvalue weighted by molar-refractivity contribution is 0.0997. The lowest BCUT2D eigenvalue weighted by atomic mass is 9.95. The molecular weight excluding hydrogens is 332 g/mol. The Hall–Kier alpha value is -1.88. The van der Waals surface area contributed by atoms with Gasteiger partial charge in [-0.05, 0) is 61.6 Å². The van der Waals surface area contributed by atoms with Crippen LogP contribution in [0.2, 0.25) is 0 Å². The van der Waals surface area contributed by atoms with Crippen LogP contribution in [0.5, 0.6) is 11.6 Å². The molecule has 1 aliphatic carbocycles. The summed E-state index contributed by atoms with van der Waals surface area (Å²) in [6.07, 6.45) is 4.11. The van der Waals surface area contributed by atoms with Crippen LogP contribution in [-0.4, -0.2) is 10.9 Å². The van der Waals surface area contributed by atoms with Gasteiger partial charge in [0.05, 0.1) is 0 Å². The number of hydrogen-bond acceptors (Lipinski definition) is 3. The van der Waals surface area contributed by atoms with Gasteiger partial charge in [0.1, 0.15) is 11.3 Å². The van der Waals surface area contributed by atoms with Gasteiger partial charge in [-0.3, -0.25) is 4.79 Å². The second-order valence-electron chi connectivity index (χ2n) is 5.07. The second kappa shape index (κ2) is 5.85. The first-order valence-electron chi connectivity index (χ1n) is 6.89. The molecule has 2 aromatic rings. The number of fused-ring (bicyclic) bond motifs is 1. The SMILES string of the molecule is NC(=O)c1cc2c(nc1Oc1ccc(Br)cc1)CCCC2. The molecule has 0 aliphatic heterocycles. The summed E-state index contributed by atoms with van der Waals surface area (Å²) in [7, 11) is 0. The van der Waals surface area contributed by atoms with Crippen LogP contribution in [-0.2, 0) is 12.8 Å². The second-order valence-corrected chi connectivity index (χ2v) is 5.99. The summed E-state index contributed by atoms with van der Waals surface area (Å²) in [5, 5.41) is 0.